The van der Waals surface area contributed by atoms with Crippen molar-refractivity contribution in [2.45, 2.75) is 31.5 Å². The molecule has 110 valence electrons. The van der Waals surface area contributed by atoms with Crippen LogP contribution in [0.3, 0.4) is 0 Å². The summed E-state index contributed by atoms with van der Waals surface area (Å²) in [7, 11) is 1.63. The number of methoxy groups -OCH3 is 1. The van der Waals surface area contributed by atoms with Gasteiger partial charge in [-0.15, -0.1) is 0 Å². The molecule has 0 radical (unpaired) electrons. The molecule has 0 aliphatic carbocycles. The Balaban J connectivity index is 1.69. The molecule has 3 nitrogen and oxygen atoms in total. The third kappa shape index (κ3) is 3.19. The topological polar surface area (TPSA) is 38.7 Å². The fourth-order valence-corrected chi connectivity index (χ4v) is 2.77. The molecular formula is C18H20O3. The molecular weight excluding hydrogens is 264 g/mol. The van der Waals surface area contributed by atoms with Crippen molar-refractivity contribution >= 4 is 0 Å². The highest BCUT2D eigenvalue weighted by molar-refractivity contribution is 5.43. The van der Waals surface area contributed by atoms with Crippen LogP contribution in [0.25, 0.3) is 0 Å². The first-order chi connectivity index (χ1) is 10.3. The lowest BCUT2D eigenvalue weighted by atomic mass is 9.95. The second-order valence-electron chi connectivity index (χ2n) is 5.42. The van der Waals surface area contributed by atoms with E-state index in [9.17, 15) is 5.11 Å². The Labute approximate surface area is 125 Å². The minimum atomic E-state index is -0.458. The number of rotatable bonds is 4. The van der Waals surface area contributed by atoms with Crippen molar-refractivity contribution in [2.24, 2.45) is 0 Å². The van der Waals surface area contributed by atoms with E-state index in [0.717, 1.165) is 29.9 Å². The van der Waals surface area contributed by atoms with Crippen molar-refractivity contribution in [3.63, 3.8) is 0 Å². The molecule has 0 saturated carbocycles. The zero-order valence-electron chi connectivity index (χ0n) is 12.2. The van der Waals surface area contributed by atoms with E-state index in [1.165, 1.54) is 5.56 Å². The summed E-state index contributed by atoms with van der Waals surface area (Å²) < 4.78 is 11.2. The first-order valence-electron chi connectivity index (χ1n) is 7.33. The Bertz CT molecular complexity index is 595. The van der Waals surface area contributed by atoms with Crippen molar-refractivity contribution in [3.05, 3.63) is 59.7 Å². The molecule has 1 N–H and O–H groups in total. The summed E-state index contributed by atoms with van der Waals surface area (Å²) in [5.41, 5.74) is 2.15. The maximum atomic E-state index is 10.3. The summed E-state index contributed by atoms with van der Waals surface area (Å²) in [5.74, 6) is 1.50. The van der Waals surface area contributed by atoms with Gasteiger partial charge < -0.3 is 14.6 Å². The standard InChI is InChI=1S/C18H20O3/c1-20-14-9-10-16-17(19)11-15(21-18(16)12-14)8-7-13-5-3-2-4-6-13/h2-6,9-10,12,15,17,19H,7-8,11H2,1H3/t15?,17-/m1/s1. The third-order valence-corrected chi connectivity index (χ3v) is 3.96. The van der Waals surface area contributed by atoms with E-state index in [0.29, 0.717) is 6.42 Å². The maximum absolute atomic E-state index is 10.3. The van der Waals surface area contributed by atoms with Crippen LogP contribution in [-0.2, 0) is 6.42 Å². The highest BCUT2D eigenvalue weighted by Crippen LogP contribution is 2.38. The van der Waals surface area contributed by atoms with Crippen LogP contribution < -0.4 is 9.47 Å². The van der Waals surface area contributed by atoms with Gasteiger partial charge in [-0.1, -0.05) is 30.3 Å². The van der Waals surface area contributed by atoms with Gasteiger partial charge in [0, 0.05) is 18.1 Å². The molecule has 0 aromatic heterocycles. The molecule has 0 fully saturated rings. The van der Waals surface area contributed by atoms with Gasteiger partial charge in [-0.3, -0.25) is 0 Å². The van der Waals surface area contributed by atoms with Gasteiger partial charge in [0.15, 0.2) is 0 Å². The lowest BCUT2D eigenvalue weighted by Crippen LogP contribution is -2.26. The average Bonchev–Trinajstić information content (AvgIpc) is 2.53. The van der Waals surface area contributed by atoms with Gasteiger partial charge in [0.05, 0.1) is 13.2 Å². The molecule has 1 aliphatic heterocycles. The van der Waals surface area contributed by atoms with E-state index in [1.807, 2.05) is 36.4 Å². The van der Waals surface area contributed by atoms with Crippen molar-refractivity contribution in [3.8, 4) is 11.5 Å². The fourth-order valence-electron chi connectivity index (χ4n) is 2.77. The van der Waals surface area contributed by atoms with Crippen molar-refractivity contribution < 1.29 is 14.6 Å². The second-order valence-corrected chi connectivity index (χ2v) is 5.42. The Morgan fingerprint density at radius 3 is 2.76 bits per heavy atom. The van der Waals surface area contributed by atoms with Gasteiger partial charge in [-0.2, -0.15) is 0 Å². The van der Waals surface area contributed by atoms with Crippen LogP contribution in [-0.4, -0.2) is 18.3 Å². The second kappa shape index (κ2) is 6.19. The SMILES string of the molecule is COc1ccc2c(c1)OC(CCc1ccccc1)C[C@H]2O. The average molecular weight is 284 g/mol. The number of aliphatic hydroxyl groups is 1. The Kier molecular flexibility index (Phi) is 4.11. The van der Waals surface area contributed by atoms with Crippen molar-refractivity contribution in [1.82, 2.24) is 0 Å². The van der Waals surface area contributed by atoms with Crippen LogP contribution in [0.2, 0.25) is 0 Å². The molecule has 21 heavy (non-hydrogen) atoms. The van der Waals surface area contributed by atoms with Crippen LogP contribution in [0.4, 0.5) is 0 Å². The molecule has 2 atom stereocenters. The van der Waals surface area contributed by atoms with Crippen molar-refractivity contribution in [1.29, 1.82) is 0 Å². The van der Waals surface area contributed by atoms with E-state index in [2.05, 4.69) is 12.1 Å². The number of aliphatic hydroxyl groups excluding tert-OH is 1. The van der Waals surface area contributed by atoms with Crippen molar-refractivity contribution in [2.75, 3.05) is 7.11 Å². The fraction of sp³-hybridized carbons (Fsp3) is 0.333. The predicted molar refractivity (Wildman–Crippen MR) is 81.7 cm³/mol. The maximum Gasteiger partial charge on any atom is 0.129 e. The summed E-state index contributed by atoms with van der Waals surface area (Å²) in [6.07, 6.45) is 2.08. The van der Waals surface area contributed by atoms with E-state index < -0.39 is 6.10 Å². The normalized spacial score (nSPS) is 20.5. The quantitative estimate of drug-likeness (QED) is 0.933. The molecule has 1 unspecified atom stereocenters. The number of aryl methyl sites for hydroxylation is 1. The molecule has 0 amide bonds. The zero-order chi connectivity index (χ0) is 14.7. The molecule has 0 bridgehead atoms. The van der Waals surface area contributed by atoms with Gasteiger partial charge in [-0.05, 0) is 30.5 Å². The smallest absolute Gasteiger partial charge is 0.129 e. The highest BCUT2D eigenvalue weighted by Gasteiger charge is 2.27. The third-order valence-electron chi connectivity index (χ3n) is 3.96. The Morgan fingerprint density at radius 2 is 2.00 bits per heavy atom. The number of hydrogen-bond donors (Lipinski definition) is 1. The minimum Gasteiger partial charge on any atom is -0.497 e. The first kappa shape index (κ1) is 14.0. The van der Waals surface area contributed by atoms with Crippen LogP contribution in [0, 0.1) is 0 Å². The summed E-state index contributed by atoms with van der Waals surface area (Å²) in [5, 5.41) is 10.3. The Hall–Kier alpha value is -2.00. The molecule has 2 aromatic carbocycles. The predicted octanol–water partition coefficient (Wildman–Crippen LogP) is 3.51. The summed E-state index contributed by atoms with van der Waals surface area (Å²) in [4.78, 5) is 0. The number of benzene rings is 2. The van der Waals surface area contributed by atoms with Crippen LogP contribution in [0.1, 0.15) is 30.1 Å². The van der Waals surface area contributed by atoms with Gasteiger partial charge >= 0.3 is 0 Å². The highest BCUT2D eigenvalue weighted by atomic mass is 16.5. The summed E-state index contributed by atoms with van der Waals surface area (Å²) in [6.45, 7) is 0. The molecule has 3 rings (SSSR count). The van der Waals surface area contributed by atoms with Crippen LogP contribution in [0.5, 0.6) is 11.5 Å². The lowest BCUT2D eigenvalue weighted by molar-refractivity contribution is 0.0617. The van der Waals surface area contributed by atoms with Gasteiger partial charge in [0.2, 0.25) is 0 Å². The summed E-state index contributed by atoms with van der Waals surface area (Å²) in [6, 6.07) is 16.0. The van der Waals surface area contributed by atoms with E-state index >= 15 is 0 Å². The molecule has 3 heteroatoms. The minimum absolute atomic E-state index is 0.0415. The molecule has 0 spiro atoms. The van der Waals surface area contributed by atoms with Crippen LogP contribution >= 0.6 is 0 Å². The monoisotopic (exact) mass is 284 g/mol. The first-order valence-corrected chi connectivity index (χ1v) is 7.33. The van der Waals surface area contributed by atoms with E-state index in [1.54, 1.807) is 7.11 Å². The van der Waals surface area contributed by atoms with Gasteiger partial charge in [0.25, 0.3) is 0 Å². The van der Waals surface area contributed by atoms with Gasteiger partial charge in [-0.25, -0.2) is 0 Å². The number of hydrogen-bond acceptors (Lipinski definition) is 3. The van der Waals surface area contributed by atoms with E-state index in [-0.39, 0.29) is 6.10 Å². The Morgan fingerprint density at radius 1 is 1.19 bits per heavy atom. The molecule has 2 aromatic rings. The lowest BCUT2D eigenvalue weighted by Gasteiger charge is -2.30. The zero-order valence-corrected chi connectivity index (χ0v) is 12.2. The molecule has 0 saturated heterocycles. The van der Waals surface area contributed by atoms with E-state index in [4.69, 9.17) is 9.47 Å². The van der Waals surface area contributed by atoms with Crippen LogP contribution in [0.15, 0.2) is 48.5 Å². The van der Waals surface area contributed by atoms with Gasteiger partial charge in [0.1, 0.15) is 17.6 Å². The number of fused-ring (bicyclic) bond motifs is 1. The molecule has 1 heterocycles. The summed E-state index contributed by atoms with van der Waals surface area (Å²) >= 11 is 0. The largest absolute Gasteiger partial charge is 0.497 e. The molecule has 1 aliphatic rings. The number of ether oxygens (including phenoxy) is 2.